The van der Waals surface area contributed by atoms with Crippen LogP contribution in [0.5, 0.6) is 0 Å². The van der Waals surface area contributed by atoms with Crippen LogP contribution in [0.25, 0.3) is 61.4 Å². The molecule has 2 heteroatoms. The highest BCUT2D eigenvalue weighted by Crippen LogP contribution is 2.54. The largest absolute Gasteiger partial charge is 0.312 e. The van der Waals surface area contributed by atoms with E-state index in [1.807, 2.05) is 18.2 Å². The van der Waals surface area contributed by atoms with Crippen LogP contribution < -0.4 is 11.1 Å². The van der Waals surface area contributed by atoms with Crippen molar-refractivity contribution in [2.75, 3.05) is 0 Å². The Balaban J connectivity index is 1.04. The molecule has 0 radical (unpaired) electrons. The summed E-state index contributed by atoms with van der Waals surface area (Å²) in [6.45, 7) is 9.44. The average Bonchev–Trinajstić information content (AvgIpc) is 3.64. The molecule has 10 rings (SSSR count). The lowest BCUT2D eigenvalue weighted by Gasteiger charge is -2.25. The van der Waals surface area contributed by atoms with Gasteiger partial charge < -0.3 is 5.73 Å². The fourth-order valence-corrected chi connectivity index (χ4v) is 9.96. The molecule has 2 atom stereocenters. The lowest BCUT2D eigenvalue weighted by molar-refractivity contribution is 0.509. The first-order chi connectivity index (χ1) is 28.2. The molecule has 0 amide bonds. The number of fused-ring (bicyclic) bond motifs is 7. The third-order valence-electron chi connectivity index (χ3n) is 13.0. The Bertz CT molecular complexity index is 2880. The maximum absolute atomic E-state index is 6.90. The van der Waals surface area contributed by atoms with E-state index < -0.39 is 0 Å². The van der Waals surface area contributed by atoms with E-state index in [0.717, 1.165) is 11.1 Å². The van der Waals surface area contributed by atoms with Crippen molar-refractivity contribution in [3.05, 3.63) is 221 Å². The number of hydrogen-bond acceptors (Lipinski definition) is 2. The number of benzene rings is 8. The Morgan fingerprint density at radius 1 is 0.466 bits per heavy atom. The third-order valence-corrected chi connectivity index (χ3v) is 13.0. The minimum Gasteiger partial charge on any atom is -0.312 e. The van der Waals surface area contributed by atoms with Crippen molar-refractivity contribution in [1.29, 1.82) is 0 Å². The molecule has 0 bridgehead atoms. The summed E-state index contributed by atoms with van der Waals surface area (Å²) in [5.41, 5.74) is 26.0. The summed E-state index contributed by atoms with van der Waals surface area (Å²) in [5, 5.41) is 6.34. The van der Waals surface area contributed by atoms with Gasteiger partial charge in [0.1, 0.15) is 0 Å². The zero-order valence-electron chi connectivity index (χ0n) is 33.6. The molecule has 0 aromatic heterocycles. The van der Waals surface area contributed by atoms with E-state index in [0.29, 0.717) is 0 Å². The molecule has 282 valence electrons. The van der Waals surface area contributed by atoms with Crippen molar-refractivity contribution < 1.29 is 0 Å². The molecule has 8 aromatic carbocycles. The summed E-state index contributed by atoms with van der Waals surface area (Å²) in [6, 6.07) is 64.1. The Labute approximate surface area is 342 Å². The molecule has 0 fully saturated rings. The highest BCUT2D eigenvalue weighted by Gasteiger charge is 2.38. The van der Waals surface area contributed by atoms with E-state index in [-0.39, 0.29) is 23.0 Å². The molecule has 0 aliphatic heterocycles. The Morgan fingerprint density at radius 3 is 1.86 bits per heavy atom. The molecule has 58 heavy (non-hydrogen) atoms. The lowest BCUT2D eigenvalue weighted by Crippen LogP contribution is -2.31. The molecule has 0 saturated heterocycles. The van der Waals surface area contributed by atoms with Gasteiger partial charge in [0.2, 0.25) is 0 Å². The summed E-state index contributed by atoms with van der Waals surface area (Å²) >= 11 is 0. The van der Waals surface area contributed by atoms with Gasteiger partial charge in [0, 0.05) is 10.8 Å². The van der Waals surface area contributed by atoms with Gasteiger partial charge in [-0.25, -0.2) is 0 Å². The molecule has 8 aromatic rings. The molecule has 0 heterocycles. The van der Waals surface area contributed by atoms with Crippen molar-refractivity contribution >= 4 is 16.8 Å². The van der Waals surface area contributed by atoms with E-state index >= 15 is 0 Å². The van der Waals surface area contributed by atoms with Gasteiger partial charge in [-0.3, -0.25) is 5.32 Å². The van der Waals surface area contributed by atoms with Crippen molar-refractivity contribution in [2.24, 2.45) is 5.73 Å². The average molecular weight is 749 g/mol. The van der Waals surface area contributed by atoms with Crippen LogP contribution >= 0.6 is 0 Å². The van der Waals surface area contributed by atoms with Gasteiger partial charge >= 0.3 is 0 Å². The van der Waals surface area contributed by atoms with E-state index in [1.54, 1.807) is 0 Å². The predicted octanol–water partition coefficient (Wildman–Crippen LogP) is 13.8. The van der Waals surface area contributed by atoms with Crippen molar-refractivity contribution in [1.82, 2.24) is 5.32 Å². The fraction of sp³-hybridized carbons (Fsp3) is 0.143. The quantitative estimate of drug-likeness (QED) is 0.152. The second kappa shape index (κ2) is 14.0. The molecule has 0 spiro atoms. The number of nitrogens with one attached hydrogen (secondary N) is 1. The zero-order valence-corrected chi connectivity index (χ0v) is 33.6. The maximum atomic E-state index is 6.90. The topological polar surface area (TPSA) is 38.0 Å². The second-order valence-electron chi connectivity index (χ2n) is 17.1. The molecule has 3 N–H and O–H groups in total. The normalized spacial score (nSPS) is 15.5. The first-order valence-corrected chi connectivity index (χ1v) is 20.6. The molecular weight excluding hydrogens is 701 g/mol. The van der Waals surface area contributed by atoms with Gasteiger partial charge in [-0.2, -0.15) is 0 Å². The predicted molar refractivity (Wildman–Crippen MR) is 245 cm³/mol. The van der Waals surface area contributed by atoms with Crippen LogP contribution in [0.3, 0.4) is 0 Å². The molecule has 2 aliphatic rings. The maximum Gasteiger partial charge on any atom is 0.0817 e. The van der Waals surface area contributed by atoms with Gasteiger partial charge in [-0.15, -0.1) is 0 Å². The van der Waals surface area contributed by atoms with Crippen molar-refractivity contribution in [3.63, 3.8) is 0 Å². The van der Waals surface area contributed by atoms with Crippen LogP contribution in [0.1, 0.15) is 78.8 Å². The van der Waals surface area contributed by atoms with Gasteiger partial charge in [0.05, 0.1) is 12.2 Å². The summed E-state index contributed by atoms with van der Waals surface area (Å²) in [6.07, 6.45) is 4.21. The molecule has 2 nitrogen and oxygen atoms in total. The monoisotopic (exact) mass is 748 g/mol. The van der Waals surface area contributed by atoms with E-state index in [4.69, 9.17) is 5.73 Å². The summed E-state index contributed by atoms with van der Waals surface area (Å²) in [7, 11) is 0. The first kappa shape index (κ1) is 36.0. The molecule has 2 unspecified atom stereocenters. The molecular formula is C56H48N2. The van der Waals surface area contributed by atoms with Gasteiger partial charge in [-0.05, 0) is 106 Å². The molecule has 2 aliphatic carbocycles. The molecule has 0 saturated carbocycles. The van der Waals surface area contributed by atoms with Crippen LogP contribution in [0.4, 0.5) is 0 Å². The Hall–Kier alpha value is -6.32. The Kier molecular flexibility index (Phi) is 8.67. The smallest absolute Gasteiger partial charge is 0.0817 e. The van der Waals surface area contributed by atoms with Crippen molar-refractivity contribution in [2.45, 2.75) is 50.7 Å². The van der Waals surface area contributed by atoms with Crippen LogP contribution in [0.15, 0.2) is 182 Å². The second-order valence-corrected chi connectivity index (χ2v) is 17.1. The zero-order chi connectivity index (χ0) is 39.6. The minimum atomic E-state index is -0.353. The van der Waals surface area contributed by atoms with Crippen LogP contribution in [0, 0.1) is 0 Å². The van der Waals surface area contributed by atoms with E-state index in [1.165, 1.54) is 83.1 Å². The van der Waals surface area contributed by atoms with Crippen LogP contribution in [-0.4, -0.2) is 0 Å². The Morgan fingerprint density at radius 2 is 1.07 bits per heavy atom. The highest BCUT2D eigenvalue weighted by molar-refractivity contribution is 5.99. The third kappa shape index (κ3) is 5.86. The van der Waals surface area contributed by atoms with Crippen LogP contribution in [0.2, 0.25) is 0 Å². The fourth-order valence-electron chi connectivity index (χ4n) is 9.96. The first-order valence-electron chi connectivity index (χ1n) is 20.6. The van der Waals surface area contributed by atoms with E-state index in [2.05, 4.69) is 203 Å². The number of rotatable bonds is 8. The summed E-state index contributed by atoms with van der Waals surface area (Å²) in [4.78, 5) is 0. The van der Waals surface area contributed by atoms with Gasteiger partial charge in [-0.1, -0.05) is 204 Å². The number of nitrogens with two attached hydrogens (primary N) is 1. The SMILES string of the molecule is CC1(C)c2cc3ccccc3cc2-c2c(-c3ccccc3/C=C/C(NC(N)c3ccccc3)c3ccc(-c4cccc5c4C(C)(C)c4ccccc4-5)cc3)cccc21. The summed E-state index contributed by atoms with van der Waals surface area (Å²) < 4.78 is 0. The summed E-state index contributed by atoms with van der Waals surface area (Å²) in [5.74, 6) is 0. The van der Waals surface area contributed by atoms with Crippen LogP contribution in [-0.2, 0) is 10.8 Å². The van der Waals surface area contributed by atoms with Gasteiger partial charge in [0.25, 0.3) is 0 Å². The lowest BCUT2D eigenvalue weighted by atomic mass is 9.79. The van der Waals surface area contributed by atoms with Crippen molar-refractivity contribution in [3.8, 4) is 44.5 Å². The van der Waals surface area contributed by atoms with Gasteiger partial charge in [0.15, 0.2) is 0 Å². The number of hydrogen-bond donors (Lipinski definition) is 2. The minimum absolute atomic E-state index is 0.0889. The van der Waals surface area contributed by atoms with E-state index in [9.17, 15) is 0 Å². The standard InChI is InChI=1S/C56H48N2/c1-55(2)49-27-15-24-45(52(49)47-34-40-19-8-9-20-41(40)35-50(47)55)42-21-11-10-16-36(42)32-33-51(58-54(57)39-17-6-5-7-18-39)38-30-28-37(29-31-38)43-23-14-25-46-44-22-12-13-26-48(44)56(3,4)53(43)46/h5-35,51,54,58H,57H2,1-4H3/b33-32+. The highest BCUT2D eigenvalue weighted by atomic mass is 15.0.